The van der Waals surface area contributed by atoms with Gasteiger partial charge in [0.1, 0.15) is 11.0 Å². The zero-order valence-corrected chi connectivity index (χ0v) is 12.3. The van der Waals surface area contributed by atoms with Crippen molar-refractivity contribution in [2.24, 2.45) is 7.05 Å². The second-order valence-corrected chi connectivity index (χ2v) is 5.14. The van der Waals surface area contributed by atoms with Crippen LogP contribution in [-0.4, -0.2) is 21.0 Å². The molecule has 0 saturated carbocycles. The van der Waals surface area contributed by atoms with E-state index in [0.717, 1.165) is 31.9 Å². The first-order valence-electron chi connectivity index (χ1n) is 6.63. The van der Waals surface area contributed by atoms with Crippen molar-refractivity contribution in [1.29, 1.82) is 0 Å². The normalized spacial score (nSPS) is 11.2. The Labute approximate surface area is 119 Å². The van der Waals surface area contributed by atoms with Gasteiger partial charge in [0.2, 0.25) is 0 Å². The van der Waals surface area contributed by atoms with Crippen molar-refractivity contribution in [2.75, 3.05) is 6.54 Å². The molecule has 0 unspecified atom stereocenters. The maximum absolute atomic E-state index is 6.03. The van der Waals surface area contributed by atoms with Crippen LogP contribution >= 0.6 is 11.6 Å². The number of hydrogen-bond acceptors (Lipinski definition) is 2. The van der Waals surface area contributed by atoms with Crippen LogP contribution < -0.4 is 0 Å². The molecule has 2 aromatic rings. The van der Waals surface area contributed by atoms with Crippen LogP contribution in [0.15, 0.2) is 36.5 Å². The number of benzene rings is 1. The van der Waals surface area contributed by atoms with Crippen molar-refractivity contribution in [3.05, 3.63) is 53.1 Å². The highest BCUT2D eigenvalue weighted by Crippen LogP contribution is 2.13. The molecule has 1 heterocycles. The number of halogens is 1. The molecule has 0 atom stereocenters. The van der Waals surface area contributed by atoms with Gasteiger partial charge in [-0.2, -0.15) is 0 Å². The lowest BCUT2D eigenvalue weighted by molar-refractivity contribution is 0.248. The lowest BCUT2D eigenvalue weighted by Gasteiger charge is -2.21. The van der Waals surface area contributed by atoms with Gasteiger partial charge in [-0.3, -0.25) is 4.90 Å². The second-order valence-electron chi connectivity index (χ2n) is 4.75. The molecule has 2 rings (SSSR count). The first kappa shape index (κ1) is 14.1. The quantitative estimate of drug-likeness (QED) is 0.806. The van der Waals surface area contributed by atoms with Crippen LogP contribution in [0.25, 0.3) is 0 Å². The van der Waals surface area contributed by atoms with Crippen molar-refractivity contribution >= 4 is 11.6 Å². The summed E-state index contributed by atoms with van der Waals surface area (Å²) < 4.78 is 1.94. The first-order valence-corrected chi connectivity index (χ1v) is 7.01. The molecule has 0 radical (unpaired) electrons. The van der Waals surface area contributed by atoms with E-state index in [9.17, 15) is 0 Å². The molecule has 1 aromatic heterocycles. The van der Waals surface area contributed by atoms with Gasteiger partial charge in [0.05, 0.1) is 12.7 Å². The Balaban J connectivity index is 2.06. The molecule has 4 heteroatoms. The molecular formula is C15H20ClN3. The van der Waals surface area contributed by atoms with Gasteiger partial charge in [-0.1, -0.05) is 48.9 Å². The SMILES string of the molecule is CCCN(Cc1ccccc1)Cc1ncc(Cl)n1C. The summed E-state index contributed by atoms with van der Waals surface area (Å²) in [5, 5.41) is 0.686. The molecule has 0 spiro atoms. The number of aromatic nitrogens is 2. The molecule has 0 aliphatic rings. The fourth-order valence-electron chi connectivity index (χ4n) is 2.14. The van der Waals surface area contributed by atoms with Crippen LogP contribution in [0.1, 0.15) is 24.7 Å². The van der Waals surface area contributed by atoms with Crippen molar-refractivity contribution < 1.29 is 0 Å². The van der Waals surface area contributed by atoms with Gasteiger partial charge in [0.15, 0.2) is 0 Å². The number of hydrogen-bond donors (Lipinski definition) is 0. The molecule has 0 amide bonds. The summed E-state index contributed by atoms with van der Waals surface area (Å²) in [6.07, 6.45) is 2.84. The standard InChI is InChI=1S/C15H20ClN3/c1-3-9-19(11-13-7-5-4-6-8-13)12-15-17-10-14(16)18(15)2/h4-8,10H,3,9,11-12H2,1-2H3. The maximum Gasteiger partial charge on any atom is 0.128 e. The first-order chi connectivity index (χ1) is 9.20. The molecule has 19 heavy (non-hydrogen) atoms. The van der Waals surface area contributed by atoms with E-state index >= 15 is 0 Å². The lowest BCUT2D eigenvalue weighted by Crippen LogP contribution is -2.25. The fraction of sp³-hybridized carbons (Fsp3) is 0.400. The second kappa shape index (κ2) is 6.73. The molecule has 0 N–H and O–H groups in total. The zero-order chi connectivity index (χ0) is 13.7. The Hall–Kier alpha value is -1.32. The molecule has 0 saturated heterocycles. The molecule has 1 aromatic carbocycles. The van der Waals surface area contributed by atoms with E-state index in [4.69, 9.17) is 11.6 Å². The minimum Gasteiger partial charge on any atom is -0.321 e. The predicted molar refractivity (Wildman–Crippen MR) is 79.1 cm³/mol. The summed E-state index contributed by atoms with van der Waals surface area (Å²) >= 11 is 6.03. The van der Waals surface area contributed by atoms with Crippen molar-refractivity contribution in [3.8, 4) is 0 Å². The van der Waals surface area contributed by atoms with Crippen molar-refractivity contribution in [3.63, 3.8) is 0 Å². The predicted octanol–water partition coefficient (Wildman–Crippen LogP) is 3.49. The molecular weight excluding hydrogens is 258 g/mol. The van der Waals surface area contributed by atoms with Crippen molar-refractivity contribution in [2.45, 2.75) is 26.4 Å². The van der Waals surface area contributed by atoms with Gasteiger partial charge < -0.3 is 4.57 Å². The smallest absolute Gasteiger partial charge is 0.128 e. The average Bonchev–Trinajstić information content (AvgIpc) is 2.72. The summed E-state index contributed by atoms with van der Waals surface area (Å²) in [6.45, 7) is 5.02. The monoisotopic (exact) mass is 277 g/mol. The van der Waals surface area contributed by atoms with Crippen LogP contribution in [0.5, 0.6) is 0 Å². The van der Waals surface area contributed by atoms with Crippen LogP contribution in [0.3, 0.4) is 0 Å². The molecule has 0 aliphatic heterocycles. The van der Waals surface area contributed by atoms with E-state index in [1.54, 1.807) is 6.20 Å². The highest BCUT2D eigenvalue weighted by atomic mass is 35.5. The zero-order valence-electron chi connectivity index (χ0n) is 11.5. The van der Waals surface area contributed by atoms with Crippen LogP contribution in [0.2, 0.25) is 5.15 Å². The summed E-state index contributed by atoms with van der Waals surface area (Å²) in [5.74, 6) is 1.01. The molecule has 3 nitrogen and oxygen atoms in total. The summed E-state index contributed by atoms with van der Waals surface area (Å²) in [4.78, 5) is 6.77. The van der Waals surface area contributed by atoms with E-state index in [-0.39, 0.29) is 0 Å². The van der Waals surface area contributed by atoms with E-state index in [0.29, 0.717) is 5.15 Å². The highest BCUT2D eigenvalue weighted by molar-refractivity contribution is 6.29. The molecule has 102 valence electrons. The Bertz CT molecular complexity index is 507. The van der Waals surface area contributed by atoms with Crippen LogP contribution in [0.4, 0.5) is 0 Å². The van der Waals surface area contributed by atoms with E-state index in [2.05, 4.69) is 41.1 Å². The fourth-order valence-corrected chi connectivity index (χ4v) is 2.29. The van der Waals surface area contributed by atoms with E-state index < -0.39 is 0 Å². The van der Waals surface area contributed by atoms with Crippen LogP contribution in [-0.2, 0) is 20.1 Å². The maximum atomic E-state index is 6.03. The third-order valence-corrected chi connectivity index (χ3v) is 3.53. The van der Waals surface area contributed by atoms with Gasteiger partial charge in [-0.15, -0.1) is 0 Å². The summed E-state index contributed by atoms with van der Waals surface area (Å²) in [5.41, 5.74) is 1.33. The number of imidazole rings is 1. The van der Waals surface area contributed by atoms with Gasteiger partial charge in [-0.05, 0) is 18.5 Å². The number of rotatable bonds is 6. The molecule has 0 aliphatic carbocycles. The Kier molecular flexibility index (Phi) is 5.00. The Morgan fingerprint density at radius 1 is 1.21 bits per heavy atom. The summed E-state index contributed by atoms with van der Waals surface area (Å²) in [7, 11) is 1.96. The van der Waals surface area contributed by atoms with Crippen molar-refractivity contribution in [1.82, 2.24) is 14.5 Å². The third kappa shape index (κ3) is 3.82. The topological polar surface area (TPSA) is 21.1 Å². The van der Waals surface area contributed by atoms with Gasteiger partial charge in [0, 0.05) is 13.6 Å². The Morgan fingerprint density at radius 3 is 2.53 bits per heavy atom. The largest absolute Gasteiger partial charge is 0.321 e. The minimum atomic E-state index is 0.686. The van der Waals surface area contributed by atoms with E-state index in [1.807, 2.05) is 17.7 Å². The van der Waals surface area contributed by atoms with Crippen LogP contribution in [0, 0.1) is 0 Å². The molecule has 0 bridgehead atoms. The summed E-state index contributed by atoms with van der Waals surface area (Å²) in [6, 6.07) is 10.5. The minimum absolute atomic E-state index is 0.686. The third-order valence-electron chi connectivity index (χ3n) is 3.18. The average molecular weight is 278 g/mol. The Morgan fingerprint density at radius 2 is 1.95 bits per heavy atom. The van der Waals surface area contributed by atoms with E-state index in [1.165, 1.54) is 5.56 Å². The molecule has 0 fully saturated rings. The highest BCUT2D eigenvalue weighted by Gasteiger charge is 2.10. The van der Waals surface area contributed by atoms with Gasteiger partial charge in [-0.25, -0.2) is 4.98 Å². The van der Waals surface area contributed by atoms with Gasteiger partial charge >= 0.3 is 0 Å². The lowest BCUT2D eigenvalue weighted by atomic mass is 10.2. The number of nitrogens with zero attached hydrogens (tertiary/aromatic N) is 3. The van der Waals surface area contributed by atoms with Gasteiger partial charge in [0.25, 0.3) is 0 Å².